The molecule has 2 heterocycles. The van der Waals surface area contributed by atoms with E-state index in [9.17, 15) is 18.0 Å². The molecule has 0 radical (unpaired) electrons. The molecule has 0 aliphatic carbocycles. The highest BCUT2D eigenvalue weighted by atomic mass is 32.2. The van der Waals surface area contributed by atoms with Crippen LogP contribution in [0.2, 0.25) is 0 Å². The van der Waals surface area contributed by atoms with E-state index in [1.54, 1.807) is 16.7 Å². The first kappa shape index (κ1) is 17.0. The van der Waals surface area contributed by atoms with E-state index >= 15 is 0 Å². The van der Waals surface area contributed by atoms with Gasteiger partial charge in [-0.1, -0.05) is 0 Å². The molecule has 9 heteroatoms. The maximum Gasteiger partial charge on any atom is 0.435 e. The van der Waals surface area contributed by atoms with Crippen molar-refractivity contribution in [3.05, 3.63) is 17.5 Å². The molecule has 1 aromatic heterocycles. The van der Waals surface area contributed by atoms with Crippen molar-refractivity contribution < 1.29 is 18.0 Å². The first-order chi connectivity index (χ1) is 10.3. The van der Waals surface area contributed by atoms with Crippen molar-refractivity contribution in [1.29, 1.82) is 0 Å². The second-order valence-corrected chi connectivity index (χ2v) is 6.50. The lowest BCUT2D eigenvalue weighted by Gasteiger charge is -2.27. The van der Waals surface area contributed by atoms with E-state index in [2.05, 4.69) is 10.4 Å². The van der Waals surface area contributed by atoms with Crippen molar-refractivity contribution in [3.8, 4) is 0 Å². The van der Waals surface area contributed by atoms with Crippen LogP contribution >= 0.6 is 11.8 Å². The predicted molar refractivity (Wildman–Crippen MR) is 78.6 cm³/mol. The Bertz CT molecular complexity index is 532. The van der Waals surface area contributed by atoms with Gasteiger partial charge in [-0.25, -0.2) is 4.79 Å². The summed E-state index contributed by atoms with van der Waals surface area (Å²) in [5.74, 6) is 1.84. The summed E-state index contributed by atoms with van der Waals surface area (Å²) in [6, 6.07) is -0.238. The predicted octanol–water partition coefficient (Wildman–Crippen LogP) is 2.48. The minimum Gasteiger partial charge on any atom is -0.334 e. The summed E-state index contributed by atoms with van der Waals surface area (Å²) in [6.45, 7) is 2.38. The number of carbonyl (C=O) groups is 1. The van der Waals surface area contributed by atoms with Gasteiger partial charge in [0.05, 0.1) is 0 Å². The summed E-state index contributed by atoms with van der Waals surface area (Å²) in [5, 5.41) is 6.00. The molecule has 2 amide bonds. The molecule has 1 aromatic rings. The van der Waals surface area contributed by atoms with E-state index in [1.807, 2.05) is 6.92 Å². The van der Waals surface area contributed by atoms with Gasteiger partial charge in [-0.05, 0) is 19.1 Å². The van der Waals surface area contributed by atoms with Gasteiger partial charge < -0.3 is 10.2 Å². The van der Waals surface area contributed by atoms with E-state index < -0.39 is 11.9 Å². The highest BCUT2D eigenvalue weighted by molar-refractivity contribution is 7.99. The van der Waals surface area contributed by atoms with E-state index in [1.165, 1.54) is 13.2 Å². The quantitative estimate of drug-likeness (QED) is 0.903. The lowest BCUT2D eigenvalue weighted by Crippen LogP contribution is -2.45. The Balaban J connectivity index is 2.02. The summed E-state index contributed by atoms with van der Waals surface area (Å²) in [5.41, 5.74) is -0.977. The molecule has 0 aromatic carbocycles. The van der Waals surface area contributed by atoms with Crippen molar-refractivity contribution >= 4 is 17.8 Å². The number of urea groups is 1. The molecule has 0 spiro atoms. The molecule has 0 bridgehead atoms. The van der Waals surface area contributed by atoms with Gasteiger partial charge in [0, 0.05) is 43.7 Å². The number of nitrogens with zero attached hydrogens (tertiary/aromatic N) is 3. The molecule has 1 fully saturated rings. The number of aromatic nitrogens is 2. The topological polar surface area (TPSA) is 50.2 Å². The molecule has 22 heavy (non-hydrogen) atoms. The lowest BCUT2D eigenvalue weighted by atomic mass is 10.2. The van der Waals surface area contributed by atoms with Crippen molar-refractivity contribution in [3.63, 3.8) is 0 Å². The van der Waals surface area contributed by atoms with Crippen LogP contribution < -0.4 is 5.32 Å². The number of alkyl halides is 3. The number of carbonyl (C=O) groups excluding carboxylic acids is 1. The van der Waals surface area contributed by atoms with Crippen molar-refractivity contribution in [2.24, 2.45) is 7.05 Å². The van der Waals surface area contributed by atoms with Crippen LogP contribution in [-0.2, 0) is 19.8 Å². The average molecular weight is 336 g/mol. The van der Waals surface area contributed by atoms with Gasteiger partial charge in [-0.2, -0.15) is 30.0 Å². The largest absolute Gasteiger partial charge is 0.435 e. The third-order valence-electron chi connectivity index (χ3n) is 3.55. The number of thioether (sulfide) groups is 1. The van der Waals surface area contributed by atoms with E-state index in [0.29, 0.717) is 6.54 Å². The van der Waals surface area contributed by atoms with E-state index in [0.717, 1.165) is 22.6 Å². The molecule has 1 unspecified atom stereocenters. The molecule has 5 nitrogen and oxygen atoms in total. The smallest absolute Gasteiger partial charge is 0.334 e. The molecule has 1 aliphatic heterocycles. The summed E-state index contributed by atoms with van der Waals surface area (Å²) >= 11 is 1.78. The number of aryl methyl sites for hydroxylation is 1. The number of halogens is 3. The summed E-state index contributed by atoms with van der Waals surface area (Å²) in [4.78, 5) is 13.9. The first-order valence-electron chi connectivity index (χ1n) is 7.01. The van der Waals surface area contributed by atoms with Crippen molar-refractivity contribution in [2.75, 3.05) is 18.1 Å². The van der Waals surface area contributed by atoms with Crippen LogP contribution in [0.15, 0.2) is 6.20 Å². The Kier molecular flexibility index (Phi) is 5.25. The molecule has 1 aliphatic rings. The van der Waals surface area contributed by atoms with Crippen LogP contribution in [0.5, 0.6) is 0 Å². The third-order valence-corrected chi connectivity index (χ3v) is 4.55. The summed E-state index contributed by atoms with van der Waals surface area (Å²) in [7, 11) is 1.43. The minimum absolute atomic E-state index is 0.0276. The number of amides is 2. The Hall–Kier alpha value is -1.38. The molecular formula is C13H19F3N4OS. The van der Waals surface area contributed by atoms with E-state index in [-0.39, 0.29) is 24.2 Å². The number of hydrogen-bond acceptors (Lipinski definition) is 3. The average Bonchev–Trinajstić information content (AvgIpc) is 2.67. The van der Waals surface area contributed by atoms with E-state index in [4.69, 9.17) is 0 Å². The highest BCUT2D eigenvalue weighted by Gasteiger charge is 2.37. The fourth-order valence-corrected chi connectivity index (χ4v) is 3.41. The van der Waals surface area contributed by atoms with Crippen LogP contribution in [0.25, 0.3) is 0 Å². The fraction of sp³-hybridized carbons (Fsp3) is 0.692. The monoisotopic (exact) mass is 336 g/mol. The Morgan fingerprint density at radius 2 is 2.23 bits per heavy atom. The van der Waals surface area contributed by atoms with Gasteiger partial charge >= 0.3 is 12.2 Å². The zero-order valence-electron chi connectivity index (χ0n) is 12.5. The highest BCUT2D eigenvalue weighted by Crippen LogP contribution is 2.30. The Morgan fingerprint density at radius 1 is 1.50 bits per heavy atom. The van der Waals surface area contributed by atoms with Crippen LogP contribution in [0.1, 0.15) is 24.6 Å². The third kappa shape index (κ3) is 4.08. The van der Waals surface area contributed by atoms with Gasteiger partial charge in [0.1, 0.15) is 0 Å². The minimum atomic E-state index is -4.52. The number of hydrogen-bond donors (Lipinski definition) is 1. The van der Waals surface area contributed by atoms with Crippen LogP contribution in [-0.4, -0.2) is 44.8 Å². The second kappa shape index (κ2) is 6.80. The standard InChI is InChI=1S/C13H19F3N4OS/c1-9-3-5-22-6-4-20(9)12(21)17-7-10-8-19(2)18-11(10)13(14,15)16/h8-9H,3-7H2,1-2H3,(H,17,21). The fourth-order valence-electron chi connectivity index (χ4n) is 2.37. The van der Waals surface area contributed by atoms with Gasteiger partial charge in [-0.3, -0.25) is 4.68 Å². The zero-order chi connectivity index (χ0) is 16.3. The normalized spacial score (nSPS) is 19.9. The van der Waals surface area contributed by atoms with Gasteiger partial charge in [0.2, 0.25) is 0 Å². The van der Waals surface area contributed by atoms with Crippen molar-refractivity contribution in [1.82, 2.24) is 20.0 Å². The summed E-state index contributed by atoms with van der Waals surface area (Å²) < 4.78 is 39.7. The Morgan fingerprint density at radius 3 is 2.91 bits per heavy atom. The van der Waals surface area contributed by atoms with Gasteiger partial charge in [-0.15, -0.1) is 0 Å². The molecular weight excluding hydrogens is 317 g/mol. The maximum absolute atomic E-state index is 12.9. The molecule has 2 rings (SSSR count). The number of nitrogens with one attached hydrogen (secondary N) is 1. The van der Waals surface area contributed by atoms with Crippen LogP contribution in [0.4, 0.5) is 18.0 Å². The molecule has 1 saturated heterocycles. The summed E-state index contributed by atoms with van der Waals surface area (Å²) in [6.07, 6.45) is -2.35. The Labute approximate surface area is 131 Å². The molecule has 124 valence electrons. The van der Waals surface area contributed by atoms with Crippen molar-refractivity contribution in [2.45, 2.75) is 32.1 Å². The lowest BCUT2D eigenvalue weighted by molar-refractivity contribution is -0.142. The first-order valence-corrected chi connectivity index (χ1v) is 8.16. The van der Waals surface area contributed by atoms with Gasteiger partial charge in [0.15, 0.2) is 5.69 Å². The van der Waals surface area contributed by atoms with Crippen LogP contribution in [0.3, 0.4) is 0 Å². The maximum atomic E-state index is 12.9. The molecule has 0 saturated carbocycles. The molecule has 1 N–H and O–H groups in total. The molecule has 1 atom stereocenters. The second-order valence-electron chi connectivity index (χ2n) is 5.28. The zero-order valence-corrected chi connectivity index (χ0v) is 13.3. The van der Waals surface area contributed by atoms with Gasteiger partial charge in [0.25, 0.3) is 0 Å². The SMILES string of the molecule is CC1CCSCCN1C(=O)NCc1cn(C)nc1C(F)(F)F. The van der Waals surface area contributed by atoms with Crippen LogP contribution in [0, 0.1) is 0 Å². The number of rotatable bonds is 2.